The van der Waals surface area contributed by atoms with Gasteiger partial charge >= 0.3 is 5.97 Å². The standard InChI is InChI=1S/C20H19NO3/c22-20(23)12-15-5-4-6-16(11-15)13-21-14-18-9-10-19(24-18)17-7-2-1-3-8-17/h1-11,21H,12-14H2,(H,22,23). The maximum absolute atomic E-state index is 10.8. The number of aliphatic carboxylic acids is 1. The SMILES string of the molecule is O=C(O)Cc1cccc(CNCc2ccc(-c3ccccc3)o2)c1. The van der Waals surface area contributed by atoms with Gasteiger partial charge in [-0.3, -0.25) is 4.79 Å². The van der Waals surface area contributed by atoms with E-state index in [1.807, 2.05) is 66.7 Å². The molecule has 1 aromatic heterocycles. The van der Waals surface area contributed by atoms with Gasteiger partial charge in [-0.05, 0) is 23.3 Å². The normalized spacial score (nSPS) is 10.7. The Balaban J connectivity index is 1.55. The molecule has 2 N–H and O–H groups in total. The molecule has 0 unspecified atom stereocenters. The van der Waals surface area contributed by atoms with Crippen LogP contribution < -0.4 is 5.32 Å². The Morgan fingerprint density at radius 1 is 0.917 bits per heavy atom. The largest absolute Gasteiger partial charge is 0.481 e. The van der Waals surface area contributed by atoms with Crippen molar-refractivity contribution in [1.82, 2.24) is 5.32 Å². The van der Waals surface area contributed by atoms with Gasteiger partial charge in [-0.15, -0.1) is 0 Å². The van der Waals surface area contributed by atoms with Crippen LogP contribution in [-0.4, -0.2) is 11.1 Å². The minimum Gasteiger partial charge on any atom is -0.481 e. The Labute approximate surface area is 140 Å². The summed E-state index contributed by atoms with van der Waals surface area (Å²) in [5, 5.41) is 12.2. The Morgan fingerprint density at radius 2 is 1.71 bits per heavy atom. The molecule has 3 aromatic rings. The topological polar surface area (TPSA) is 62.5 Å². The summed E-state index contributed by atoms with van der Waals surface area (Å²) in [6.45, 7) is 1.28. The third-order valence-corrected chi connectivity index (χ3v) is 3.70. The molecule has 0 bridgehead atoms. The second-order valence-corrected chi connectivity index (χ2v) is 5.63. The van der Waals surface area contributed by atoms with Crippen molar-refractivity contribution < 1.29 is 14.3 Å². The molecule has 0 saturated carbocycles. The lowest BCUT2D eigenvalue weighted by molar-refractivity contribution is -0.136. The molecule has 0 aliphatic carbocycles. The lowest BCUT2D eigenvalue weighted by Gasteiger charge is -2.05. The number of carboxylic acid groups (broad SMARTS) is 1. The predicted molar refractivity (Wildman–Crippen MR) is 92.5 cm³/mol. The number of rotatable bonds is 7. The van der Waals surface area contributed by atoms with Gasteiger partial charge in [-0.2, -0.15) is 0 Å². The van der Waals surface area contributed by atoms with Crippen LogP contribution >= 0.6 is 0 Å². The van der Waals surface area contributed by atoms with Crippen molar-refractivity contribution in [3.8, 4) is 11.3 Å². The zero-order chi connectivity index (χ0) is 16.8. The van der Waals surface area contributed by atoms with Gasteiger partial charge in [-0.25, -0.2) is 0 Å². The first-order valence-electron chi connectivity index (χ1n) is 7.85. The van der Waals surface area contributed by atoms with E-state index in [4.69, 9.17) is 9.52 Å². The van der Waals surface area contributed by atoms with Gasteiger partial charge in [0, 0.05) is 12.1 Å². The summed E-state index contributed by atoms with van der Waals surface area (Å²) in [7, 11) is 0. The third kappa shape index (κ3) is 4.33. The predicted octanol–water partition coefficient (Wildman–Crippen LogP) is 3.86. The van der Waals surface area contributed by atoms with Crippen LogP contribution in [0.5, 0.6) is 0 Å². The van der Waals surface area contributed by atoms with Gasteiger partial charge in [0.15, 0.2) is 0 Å². The maximum Gasteiger partial charge on any atom is 0.307 e. The number of hydrogen-bond acceptors (Lipinski definition) is 3. The van der Waals surface area contributed by atoms with Crippen molar-refractivity contribution in [3.05, 3.63) is 83.6 Å². The number of hydrogen-bond donors (Lipinski definition) is 2. The molecule has 1 heterocycles. The van der Waals surface area contributed by atoms with E-state index in [9.17, 15) is 4.79 Å². The van der Waals surface area contributed by atoms with Crippen molar-refractivity contribution in [2.24, 2.45) is 0 Å². The molecule has 0 amide bonds. The fourth-order valence-corrected chi connectivity index (χ4v) is 2.58. The van der Waals surface area contributed by atoms with Gasteiger partial charge in [0.2, 0.25) is 0 Å². The second kappa shape index (κ2) is 7.62. The number of furan rings is 1. The Hall–Kier alpha value is -2.85. The lowest BCUT2D eigenvalue weighted by atomic mass is 10.1. The highest BCUT2D eigenvalue weighted by Crippen LogP contribution is 2.21. The van der Waals surface area contributed by atoms with E-state index >= 15 is 0 Å². The van der Waals surface area contributed by atoms with Gasteiger partial charge < -0.3 is 14.8 Å². The highest BCUT2D eigenvalue weighted by atomic mass is 16.4. The molecule has 4 heteroatoms. The number of benzene rings is 2. The monoisotopic (exact) mass is 321 g/mol. The summed E-state index contributed by atoms with van der Waals surface area (Å²) in [5.41, 5.74) is 2.93. The van der Waals surface area contributed by atoms with Crippen LogP contribution in [0.15, 0.2) is 71.1 Å². The van der Waals surface area contributed by atoms with Gasteiger partial charge in [-0.1, -0.05) is 54.6 Å². The van der Waals surface area contributed by atoms with Gasteiger partial charge in [0.25, 0.3) is 0 Å². The summed E-state index contributed by atoms with van der Waals surface area (Å²) in [6.07, 6.45) is 0.0481. The molecule has 0 aliphatic rings. The van der Waals surface area contributed by atoms with Gasteiger partial charge in [0.05, 0.1) is 13.0 Å². The molecule has 0 atom stereocenters. The smallest absolute Gasteiger partial charge is 0.307 e. The van der Waals surface area contributed by atoms with Crippen molar-refractivity contribution in [2.75, 3.05) is 0 Å². The Kier molecular flexibility index (Phi) is 5.08. The average molecular weight is 321 g/mol. The van der Waals surface area contributed by atoms with Crippen LogP contribution in [0.3, 0.4) is 0 Å². The molecule has 24 heavy (non-hydrogen) atoms. The Bertz CT molecular complexity index is 809. The molecule has 122 valence electrons. The molecule has 4 nitrogen and oxygen atoms in total. The quantitative estimate of drug-likeness (QED) is 0.693. The van der Waals surface area contributed by atoms with E-state index < -0.39 is 5.97 Å². The highest BCUT2D eigenvalue weighted by Gasteiger charge is 2.05. The third-order valence-electron chi connectivity index (χ3n) is 3.70. The van der Waals surface area contributed by atoms with Crippen molar-refractivity contribution >= 4 is 5.97 Å². The lowest BCUT2D eigenvalue weighted by Crippen LogP contribution is -2.12. The molecule has 3 rings (SSSR count). The van der Waals surface area contributed by atoms with Crippen molar-refractivity contribution in [3.63, 3.8) is 0 Å². The van der Waals surface area contributed by atoms with Crippen LogP contribution in [0.2, 0.25) is 0 Å². The van der Waals surface area contributed by atoms with E-state index in [-0.39, 0.29) is 6.42 Å². The van der Waals surface area contributed by atoms with E-state index in [1.165, 1.54) is 0 Å². The molecular formula is C20H19NO3. The number of carbonyl (C=O) groups is 1. The van der Waals surface area contributed by atoms with Gasteiger partial charge in [0.1, 0.15) is 11.5 Å². The average Bonchev–Trinajstić information content (AvgIpc) is 3.04. The fourth-order valence-electron chi connectivity index (χ4n) is 2.58. The summed E-state index contributed by atoms with van der Waals surface area (Å²) >= 11 is 0. The number of carboxylic acids is 1. The zero-order valence-corrected chi connectivity index (χ0v) is 13.2. The first-order chi connectivity index (χ1) is 11.7. The molecule has 2 aromatic carbocycles. The molecule has 0 radical (unpaired) electrons. The maximum atomic E-state index is 10.8. The van der Waals surface area contributed by atoms with E-state index in [1.54, 1.807) is 0 Å². The van der Waals surface area contributed by atoms with E-state index in [2.05, 4.69) is 5.32 Å². The van der Waals surface area contributed by atoms with Crippen molar-refractivity contribution in [2.45, 2.75) is 19.5 Å². The summed E-state index contributed by atoms with van der Waals surface area (Å²) in [5.74, 6) is 0.913. The van der Waals surface area contributed by atoms with E-state index in [0.29, 0.717) is 13.1 Å². The van der Waals surface area contributed by atoms with E-state index in [0.717, 1.165) is 28.2 Å². The van der Waals surface area contributed by atoms with Crippen molar-refractivity contribution in [1.29, 1.82) is 0 Å². The molecule has 0 spiro atoms. The minimum absolute atomic E-state index is 0.0481. The molecule has 0 aliphatic heterocycles. The fraction of sp³-hybridized carbons (Fsp3) is 0.150. The second-order valence-electron chi connectivity index (χ2n) is 5.63. The molecular weight excluding hydrogens is 302 g/mol. The van der Waals surface area contributed by atoms with Crippen LogP contribution in [0, 0.1) is 0 Å². The molecule has 0 fully saturated rings. The first-order valence-corrected chi connectivity index (χ1v) is 7.85. The summed E-state index contributed by atoms with van der Waals surface area (Å²) in [6, 6.07) is 21.5. The van der Waals surface area contributed by atoms with Crippen LogP contribution in [-0.2, 0) is 24.3 Å². The van der Waals surface area contributed by atoms with Crippen LogP contribution in [0.25, 0.3) is 11.3 Å². The zero-order valence-electron chi connectivity index (χ0n) is 13.2. The summed E-state index contributed by atoms with van der Waals surface area (Å²) in [4.78, 5) is 10.8. The first kappa shape index (κ1) is 16.0. The van der Waals surface area contributed by atoms with Crippen LogP contribution in [0.4, 0.5) is 0 Å². The number of nitrogens with one attached hydrogen (secondary N) is 1. The molecule has 0 saturated heterocycles. The summed E-state index contributed by atoms with van der Waals surface area (Å²) < 4.78 is 5.84. The Morgan fingerprint density at radius 3 is 2.50 bits per heavy atom. The minimum atomic E-state index is -0.816. The van der Waals surface area contributed by atoms with Crippen LogP contribution in [0.1, 0.15) is 16.9 Å². The highest BCUT2D eigenvalue weighted by molar-refractivity contribution is 5.70.